The third-order valence-corrected chi connectivity index (χ3v) is 3.74. The van der Waals surface area contributed by atoms with Crippen LogP contribution in [0.5, 0.6) is 5.75 Å². The van der Waals surface area contributed by atoms with Crippen molar-refractivity contribution in [1.82, 2.24) is 5.32 Å². The van der Waals surface area contributed by atoms with E-state index < -0.39 is 11.9 Å². The predicted octanol–water partition coefficient (Wildman–Crippen LogP) is 2.63. The second-order valence-corrected chi connectivity index (χ2v) is 5.01. The van der Waals surface area contributed by atoms with Crippen molar-refractivity contribution in [3.05, 3.63) is 52.4 Å². The van der Waals surface area contributed by atoms with Crippen LogP contribution in [0.4, 0.5) is 0 Å². The zero-order valence-corrected chi connectivity index (χ0v) is 13.1. The largest absolute Gasteiger partial charge is 0.497 e. The number of nitrogens with zero attached hydrogens (tertiary/aromatic N) is 1. The van der Waals surface area contributed by atoms with Gasteiger partial charge in [-0.3, -0.25) is 0 Å². The number of carbonyl (C=O) groups excluding carboxylic acids is 1. The normalized spacial score (nSPS) is 17.7. The molecule has 114 valence electrons. The van der Waals surface area contributed by atoms with E-state index in [9.17, 15) is 10.1 Å². The Morgan fingerprint density at radius 1 is 1.18 bits per heavy atom. The summed E-state index contributed by atoms with van der Waals surface area (Å²) in [5.41, 5.74) is 3.25. The molecule has 0 spiro atoms. The fourth-order valence-electron chi connectivity index (χ4n) is 2.65. The van der Waals surface area contributed by atoms with Crippen LogP contribution in [-0.2, 0) is 9.53 Å². The summed E-state index contributed by atoms with van der Waals surface area (Å²) in [4.78, 5) is 12.2. The molecule has 0 aliphatic carbocycles. The van der Waals surface area contributed by atoms with E-state index in [0.717, 1.165) is 17.0 Å². The Balaban J connectivity index is 2.59. The van der Waals surface area contributed by atoms with E-state index in [-0.39, 0.29) is 0 Å². The van der Waals surface area contributed by atoms with Crippen LogP contribution in [0.3, 0.4) is 0 Å². The zero-order valence-electron chi connectivity index (χ0n) is 13.1. The number of hydrogen-bond acceptors (Lipinski definition) is 5. The fraction of sp³-hybridized carbons (Fsp3) is 0.294. The highest BCUT2D eigenvalue weighted by atomic mass is 16.5. The summed E-state index contributed by atoms with van der Waals surface area (Å²) in [7, 11) is 2.93. The topological polar surface area (TPSA) is 71.3 Å². The van der Waals surface area contributed by atoms with E-state index in [1.807, 2.05) is 31.2 Å². The number of benzene rings is 1. The first kappa shape index (κ1) is 15.6. The lowest BCUT2D eigenvalue weighted by Gasteiger charge is -2.28. The molecule has 0 saturated heterocycles. The van der Waals surface area contributed by atoms with Crippen LogP contribution in [0.25, 0.3) is 0 Å². The van der Waals surface area contributed by atoms with Gasteiger partial charge in [-0.15, -0.1) is 0 Å². The van der Waals surface area contributed by atoms with Crippen LogP contribution in [0, 0.1) is 11.3 Å². The Morgan fingerprint density at radius 3 is 2.32 bits per heavy atom. The molecule has 1 aliphatic rings. The van der Waals surface area contributed by atoms with Gasteiger partial charge in [-0.25, -0.2) is 4.79 Å². The summed E-state index contributed by atoms with van der Waals surface area (Å²) in [5.74, 6) is -0.159. The number of carbonyl (C=O) groups is 1. The molecule has 1 atom stereocenters. The predicted molar refractivity (Wildman–Crippen MR) is 81.9 cm³/mol. The van der Waals surface area contributed by atoms with Crippen molar-refractivity contribution in [2.45, 2.75) is 19.8 Å². The van der Waals surface area contributed by atoms with Crippen molar-refractivity contribution in [2.24, 2.45) is 0 Å². The van der Waals surface area contributed by atoms with Gasteiger partial charge < -0.3 is 14.8 Å². The van der Waals surface area contributed by atoms with Gasteiger partial charge in [-0.05, 0) is 31.5 Å². The Labute approximate surface area is 129 Å². The van der Waals surface area contributed by atoms with Crippen LogP contribution in [0.2, 0.25) is 0 Å². The summed E-state index contributed by atoms with van der Waals surface area (Å²) < 4.78 is 10.0. The van der Waals surface area contributed by atoms with Crippen molar-refractivity contribution in [3.63, 3.8) is 0 Å². The minimum absolute atomic E-state index is 0.439. The molecule has 0 bridgehead atoms. The number of allylic oxidation sites excluding steroid dienone is 3. The van der Waals surface area contributed by atoms with Crippen molar-refractivity contribution in [1.29, 1.82) is 5.26 Å². The number of esters is 1. The number of methoxy groups -OCH3 is 2. The highest BCUT2D eigenvalue weighted by molar-refractivity contribution is 5.93. The minimum Gasteiger partial charge on any atom is -0.497 e. The maximum Gasteiger partial charge on any atom is 0.336 e. The molecule has 0 saturated carbocycles. The molecular formula is C17H18N2O3. The molecule has 1 heterocycles. The van der Waals surface area contributed by atoms with E-state index in [2.05, 4.69) is 11.4 Å². The molecule has 0 amide bonds. The number of dihydropyridines is 1. The highest BCUT2D eigenvalue weighted by Gasteiger charge is 2.33. The first-order valence-corrected chi connectivity index (χ1v) is 6.84. The lowest BCUT2D eigenvalue weighted by atomic mass is 9.81. The Kier molecular flexibility index (Phi) is 4.52. The van der Waals surface area contributed by atoms with Crippen molar-refractivity contribution in [2.75, 3.05) is 14.2 Å². The molecule has 22 heavy (non-hydrogen) atoms. The van der Waals surface area contributed by atoms with Gasteiger partial charge in [-0.1, -0.05) is 12.1 Å². The van der Waals surface area contributed by atoms with E-state index in [4.69, 9.17) is 9.47 Å². The maximum absolute atomic E-state index is 12.2. The van der Waals surface area contributed by atoms with Gasteiger partial charge in [0.25, 0.3) is 0 Å². The van der Waals surface area contributed by atoms with Crippen LogP contribution in [0.15, 0.2) is 46.8 Å². The summed E-state index contributed by atoms with van der Waals surface area (Å²) in [6.45, 7) is 3.63. The SMILES string of the molecule is COC(=O)C1=C(C)NC(C)=C(C#N)[C@@H]1c1ccc(OC)cc1. The van der Waals surface area contributed by atoms with Crippen molar-refractivity contribution in [3.8, 4) is 11.8 Å². The number of nitrogens with one attached hydrogen (secondary N) is 1. The van der Waals surface area contributed by atoms with Crippen LogP contribution >= 0.6 is 0 Å². The van der Waals surface area contributed by atoms with Gasteiger partial charge in [0, 0.05) is 11.4 Å². The molecule has 5 heteroatoms. The molecule has 0 fully saturated rings. The Hall–Kier alpha value is -2.74. The number of hydrogen-bond donors (Lipinski definition) is 1. The first-order chi connectivity index (χ1) is 10.5. The quantitative estimate of drug-likeness (QED) is 0.869. The van der Waals surface area contributed by atoms with Gasteiger partial charge >= 0.3 is 5.97 Å². The minimum atomic E-state index is -0.440. The van der Waals surface area contributed by atoms with Gasteiger partial charge in [0.2, 0.25) is 0 Å². The van der Waals surface area contributed by atoms with Crippen molar-refractivity contribution >= 4 is 5.97 Å². The average Bonchev–Trinajstić information content (AvgIpc) is 2.53. The van der Waals surface area contributed by atoms with E-state index in [0.29, 0.717) is 16.8 Å². The van der Waals surface area contributed by atoms with Crippen LogP contribution in [-0.4, -0.2) is 20.2 Å². The highest BCUT2D eigenvalue weighted by Crippen LogP contribution is 2.38. The molecule has 0 unspecified atom stereocenters. The second kappa shape index (κ2) is 6.35. The number of nitriles is 1. The van der Waals surface area contributed by atoms with Gasteiger partial charge in [0.1, 0.15) is 5.75 Å². The smallest absolute Gasteiger partial charge is 0.336 e. The van der Waals surface area contributed by atoms with Gasteiger partial charge in [0.15, 0.2) is 0 Å². The summed E-state index contributed by atoms with van der Waals surface area (Å²) in [6, 6.07) is 9.54. The standard InChI is InChI=1S/C17H18N2O3/c1-10-14(9-18)16(12-5-7-13(21-3)8-6-12)15(11(2)19-10)17(20)22-4/h5-8,16,19H,1-4H3/t16-/m0/s1. The third-order valence-electron chi connectivity index (χ3n) is 3.74. The summed E-state index contributed by atoms with van der Waals surface area (Å²) in [5, 5.41) is 12.6. The molecule has 1 N–H and O–H groups in total. The molecule has 1 aromatic carbocycles. The average molecular weight is 298 g/mol. The molecular weight excluding hydrogens is 280 g/mol. The van der Waals surface area contributed by atoms with Crippen LogP contribution < -0.4 is 10.1 Å². The van der Waals surface area contributed by atoms with E-state index in [1.54, 1.807) is 14.0 Å². The number of rotatable bonds is 3. The summed E-state index contributed by atoms with van der Waals surface area (Å²) in [6.07, 6.45) is 0. The summed E-state index contributed by atoms with van der Waals surface area (Å²) >= 11 is 0. The molecule has 1 aliphatic heterocycles. The lowest BCUT2D eigenvalue weighted by molar-refractivity contribution is -0.136. The molecule has 2 rings (SSSR count). The fourth-order valence-corrected chi connectivity index (χ4v) is 2.65. The molecule has 0 aromatic heterocycles. The van der Waals surface area contributed by atoms with Gasteiger partial charge in [0.05, 0.1) is 37.4 Å². The van der Waals surface area contributed by atoms with Crippen LogP contribution in [0.1, 0.15) is 25.3 Å². The second-order valence-electron chi connectivity index (χ2n) is 5.01. The monoisotopic (exact) mass is 298 g/mol. The van der Waals surface area contributed by atoms with E-state index in [1.165, 1.54) is 7.11 Å². The lowest BCUT2D eigenvalue weighted by Crippen LogP contribution is -2.28. The van der Waals surface area contributed by atoms with E-state index >= 15 is 0 Å². The zero-order chi connectivity index (χ0) is 16.3. The number of ether oxygens (including phenoxy) is 2. The first-order valence-electron chi connectivity index (χ1n) is 6.84. The Bertz CT molecular complexity index is 694. The maximum atomic E-state index is 12.2. The van der Waals surface area contributed by atoms with Gasteiger partial charge in [-0.2, -0.15) is 5.26 Å². The Morgan fingerprint density at radius 2 is 1.82 bits per heavy atom. The molecule has 5 nitrogen and oxygen atoms in total. The van der Waals surface area contributed by atoms with Crippen molar-refractivity contribution < 1.29 is 14.3 Å². The molecule has 1 aromatic rings. The molecule has 0 radical (unpaired) electrons. The third kappa shape index (κ3) is 2.68.